The minimum Gasteiger partial charge on any atom is -0.475 e. The van der Waals surface area contributed by atoms with Gasteiger partial charge < -0.3 is 10.4 Å². The predicted molar refractivity (Wildman–Crippen MR) is 76.9 cm³/mol. The first-order valence-electron chi connectivity index (χ1n) is 6.65. The summed E-state index contributed by atoms with van der Waals surface area (Å²) < 4.78 is 0. The Balaban J connectivity index is 2.02. The van der Waals surface area contributed by atoms with Gasteiger partial charge in [-0.25, -0.2) is 14.8 Å². The third kappa shape index (κ3) is 2.47. The van der Waals surface area contributed by atoms with Gasteiger partial charge in [-0.3, -0.25) is 0 Å². The van der Waals surface area contributed by atoms with Gasteiger partial charge in [0.25, 0.3) is 0 Å². The van der Waals surface area contributed by atoms with Crippen LogP contribution in [0.4, 0.5) is 5.82 Å². The number of aromatic carboxylic acids is 1. The van der Waals surface area contributed by atoms with Crippen molar-refractivity contribution >= 4 is 22.7 Å². The molecule has 1 aliphatic rings. The number of aromatic nitrogens is 2. The number of allylic oxidation sites excluding steroid dienone is 1. The summed E-state index contributed by atoms with van der Waals surface area (Å²) in [4.78, 5) is 19.3. The lowest BCUT2D eigenvalue weighted by Gasteiger charge is -2.20. The number of carbonyl (C=O) groups is 1. The van der Waals surface area contributed by atoms with Gasteiger partial charge >= 0.3 is 5.97 Å². The number of nitrogens with zero attached hydrogens (tertiary/aromatic N) is 2. The minimum atomic E-state index is -1.11. The highest BCUT2D eigenvalue weighted by Gasteiger charge is 2.16. The first-order valence-corrected chi connectivity index (χ1v) is 6.65. The summed E-state index contributed by atoms with van der Waals surface area (Å²) in [6.07, 6.45) is 7.30. The van der Waals surface area contributed by atoms with E-state index >= 15 is 0 Å². The zero-order valence-corrected chi connectivity index (χ0v) is 10.9. The van der Waals surface area contributed by atoms with Crippen LogP contribution in [0.25, 0.3) is 10.9 Å². The topological polar surface area (TPSA) is 75.1 Å². The van der Waals surface area contributed by atoms with Crippen molar-refractivity contribution in [3.8, 4) is 0 Å². The molecule has 102 valence electrons. The van der Waals surface area contributed by atoms with E-state index in [9.17, 15) is 4.79 Å². The zero-order valence-electron chi connectivity index (χ0n) is 10.9. The SMILES string of the molecule is O=C(O)c1nc(NC2CC=CCC2)c2ccccc2n1. The molecule has 0 spiro atoms. The number of hydrogen-bond acceptors (Lipinski definition) is 4. The van der Waals surface area contributed by atoms with E-state index in [0.29, 0.717) is 17.4 Å². The first kappa shape index (κ1) is 12.6. The normalized spacial score (nSPS) is 18.1. The van der Waals surface area contributed by atoms with Gasteiger partial charge in [0.1, 0.15) is 5.82 Å². The summed E-state index contributed by atoms with van der Waals surface area (Å²) in [6.45, 7) is 0. The number of hydrogen-bond donors (Lipinski definition) is 2. The maximum absolute atomic E-state index is 11.1. The van der Waals surface area contributed by atoms with E-state index in [2.05, 4.69) is 27.4 Å². The van der Waals surface area contributed by atoms with Crippen LogP contribution in [0, 0.1) is 0 Å². The molecule has 2 aromatic rings. The number of carboxylic acids is 1. The van der Waals surface area contributed by atoms with Gasteiger partial charge in [0.2, 0.25) is 5.82 Å². The lowest BCUT2D eigenvalue weighted by molar-refractivity contribution is 0.0684. The predicted octanol–water partition coefficient (Wildman–Crippen LogP) is 2.85. The Kier molecular flexibility index (Phi) is 3.33. The minimum absolute atomic E-state index is 0.169. The van der Waals surface area contributed by atoms with E-state index in [1.165, 1.54) is 0 Å². The molecule has 1 unspecified atom stereocenters. The molecule has 1 heterocycles. The molecule has 5 heteroatoms. The highest BCUT2D eigenvalue weighted by molar-refractivity contribution is 5.93. The average molecular weight is 269 g/mol. The average Bonchev–Trinajstić information content (AvgIpc) is 2.48. The lowest BCUT2D eigenvalue weighted by atomic mass is 10.0. The van der Waals surface area contributed by atoms with E-state index < -0.39 is 5.97 Å². The molecule has 5 nitrogen and oxygen atoms in total. The molecule has 0 amide bonds. The summed E-state index contributed by atoms with van der Waals surface area (Å²) in [5.41, 5.74) is 0.647. The summed E-state index contributed by atoms with van der Waals surface area (Å²) in [5, 5.41) is 13.3. The maximum atomic E-state index is 11.1. The Bertz CT molecular complexity index is 682. The Morgan fingerprint density at radius 3 is 2.85 bits per heavy atom. The largest absolute Gasteiger partial charge is 0.475 e. The molecule has 2 N–H and O–H groups in total. The van der Waals surface area contributed by atoms with E-state index in [4.69, 9.17) is 5.11 Å². The number of benzene rings is 1. The molecule has 0 radical (unpaired) electrons. The number of para-hydroxylation sites is 1. The highest BCUT2D eigenvalue weighted by Crippen LogP contribution is 2.23. The van der Waals surface area contributed by atoms with Crippen molar-refractivity contribution in [3.63, 3.8) is 0 Å². The molecular weight excluding hydrogens is 254 g/mol. The Hall–Kier alpha value is -2.43. The van der Waals surface area contributed by atoms with Crippen molar-refractivity contribution in [2.24, 2.45) is 0 Å². The Morgan fingerprint density at radius 2 is 2.10 bits per heavy atom. The van der Waals surface area contributed by atoms with Gasteiger partial charge in [-0.05, 0) is 31.4 Å². The van der Waals surface area contributed by atoms with Crippen molar-refractivity contribution < 1.29 is 9.90 Å². The molecule has 1 aromatic heterocycles. The van der Waals surface area contributed by atoms with Crippen LogP contribution in [0.3, 0.4) is 0 Å². The molecular formula is C15H15N3O2. The van der Waals surface area contributed by atoms with Crippen molar-refractivity contribution in [3.05, 3.63) is 42.2 Å². The fourth-order valence-electron chi connectivity index (χ4n) is 2.40. The summed E-state index contributed by atoms with van der Waals surface area (Å²) in [5.74, 6) is -0.673. The van der Waals surface area contributed by atoms with Crippen LogP contribution >= 0.6 is 0 Å². The van der Waals surface area contributed by atoms with Gasteiger partial charge in [0.15, 0.2) is 0 Å². The second kappa shape index (κ2) is 5.28. The number of nitrogens with one attached hydrogen (secondary N) is 1. The van der Waals surface area contributed by atoms with Gasteiger partial charge in [-0.1, -0.05) is 24.3 Å². The third-order valence-corrected chi connectivity index (χ3v) is 3.40. The van der Waals surface area contributed by atoms with Crippen LogP contribution in [-0.4, -0.2) is 27.1 Å². The maximum Gasteiger partial charge on any atom is 0.374 e. The molecule has 0 aliphatic heterocycles. The number of fused-ring (bicyclic) bond motifs is 1. The van der Waals surface area contributed by atoms with Crippen LogP contribution in [0.2, 0.25) is 0 Å². The smallest absolute Gasteiger partial charge is 0.374 e. The van der Waals surface area contributed by atoms with Crippen molar-refractivity contribution in [1.82, 2.24) is 9.97 Å². The molecule has 1 aliphatic carbocycles. The molecule has 1 aromatic carbocycles. The second-order valence-corrected chi connectivity index (χ2v) is 4.84. The van der Waals surface area contributed by atoms with Gasteiger partial charge in [-0.15, -0.1) is 0 Å². The second-order valence-electron chi connectivity index (χ2n) is 4.84. The van der Waals surface area contributed by atoms with Crippen molar-refractivity contribution in [2.45, 2.75) is 25.3 Å². The third-order valence-electron chi connectivity index (χ3n) is 3.40. The molecule has 20 heavy (non-hydrogen) atoms. The monoisotopic (exact) mass is 269 g/mol. The van der Waals surface area contributed by atoms with E-state index in [-0.39, 0.29) is 5.82 Å². The van der Waals surface area contributed by atoms with Crippen molar-refractivity contribution in [2.75, 3.05) is 5.32 Å². The van der Waals surface area contributed by atoms with E-state index in [1.807, 2.05) is 18.2 Å². The van der Waals surface area contributed by atoms with Crippen LogP contribution in [0.1, 0.15) is 29.9 Å². The summed E-state index contributed by atoms with van der Waals surface area (Å²) in [6, 6.07) is 7.74. The van der Waals surface area contributed by atoms with Crippen LogP contribution < -0.4 is 5.32 Å². The fourth-order valence-corrected chi connectivity index (χ4v) is 2.40. The summed E-state index contributed by atoms with van der Waals surface area (Å²) >= 11 is 0. The Labute approximate surface area is 116 Å². The first-order chi connectivity index (χ1) is 9.74. The number of carboxylic acid groups (broad SMARTS) is 1. The summed E-state index contributed by atoms with van der Waals surface area (Å²) in [7, 11) is 0. The number of anilines is 1. The van der Waals surface area contributed by atoms with E-state index in [1.54, 1.807) is 6.07 Å². The quantitative estimate of drug-likeness (QED) is 0.838. The molecule has 3 rings (SSSR count). The molecule has 1 atom stereocenters. The molecule has 0 fully saturated rings. The zero-order chi connectivity index (χ0) is 13.9. The van der Waals surface area contributed by atoms with Crippen LogP contribution in [0.5, 0.6) is 0 Å². The highest BCUT2D eigenvalue weighted by atomic mass is 16.4. The lowest BCUT2D eigenvalue weighted by Crippen LogP contribution is -2.22. The van der Waals surface area contributed by atoms with Gasteiger partial charge in [0, 0.05) is 11.4 Å². The fraction of sp³-hybridized carbons (Fsp3) is 0.267. The molecule has 0 bridgehead atoms. The van der Waals surface area contributed by atoms with Gasteiger partial charge in [-0.2, -0.15) is 0 Å². The van der Waals surface area contributed by atoms with Gasteiger partial charge in [0.05, 0.1) is 5.52 Å². The standard InChI is InChI=1S/C15H15N3O2/c19-15(20)14-17-12-9-5-4-8-11(12)13(18-14)16-10-6-2-1-3-7-10/h1-2,4-5,8-10H,3,6-7H2,(H,19,20)(H,16,17,18). The van der Waals surface area contributed by atoms with E-state index in [0.717, 1.165) is 24.6 Å². The van der Waals surface area contributed by atoms with Crippen molar-refractivity contribution in [1.29, 1.82) is 0 Å². The Morgan fingerprint density at radius 1 is 1.25 bits per heavy atom. The molecule has 0 saturated heterocycles. The van der Waals surface area contributed by atoms with Crippen LogP contribution in [-0.2, 0) is 0 Å². The molecule has 0 saturated carbocycles. The number of rotatable bonds is 3. The van der Waals surface area contributed by atoms with Crippen LogP contribution in [0.15, 0.2) is 36.4 Å².